The lowest BCUT2D eigenvalue weighted by Crippen LogP contribution is -2.27. The SMILES string of the molecule is CC(C)N(C)Cc1nnc2n1-c1ccc(F)cc1C(c1ccccn1)=NC2. The van der Waals surface area contributed by atoms with Gasteiger partial charge in [-0.05, 0) is 51.2 Å². The maximum Gasteiger partial charge on any atom is 0.159 e. The minimum atomic E-state index is -0.310. The zero-order valence-corrected chi connectivity index (χ0v) is 15.6. The first-order valence-electron chi connectivity index (χ1n) is 8.94. The Morgan fingerprint density at radius 3 is 2.78 bits per heavy atom. The molecule has 0 aliphatic carbocycles. The van der Waals surface area contributed by atoms with E-state index < -0.39 is 0 Å². The first-order chi connectivity index (χ1) is 13.0. The average Bonchev–Trinajstić information content (AvgIpc) is 2.97. The van der Waals surface area contributed by atoms with Gasteiger partial charge >= 0.3 is 0 Å². The van der Waals surface area contributed by atoms with E-state index in [4.69, 9.17) is 4.99 Å². The van der Waals surface area contributed by atoms with Gasteiger partial charge in [0.25, 0.3) is 0 Å². The van der Waals surface area contributed by atoms with Gasteiger partial charge < -0.3 is 0 Å². The number of pyridine rings is 1. The molecule has 7 heteroatoms. The fraction of sp³-hybridized carbons (Fsp3) is 0.300. The molecule has 0 N–H and O–H groups in total. The Bertz CT molecular complexity index is 993. The van der Waals surface area contributed by atoms with Crippen molar-refractivity contribution < 1.29 is 4.39 Å². The summed E-state index contributed by atoms with van der Waals surface area (Å²) in [6.45, 7) is 5.26. The van der Waals surface area contributed by atoms with Gasteiger partial charge in [-0.1, -0.05) is 6.07 Å². The smallest absolute Gasteiger partial charge is 0.159 e. The number of nitrogens with zero attached hydrogens (tertiary/aromatic N) is 6. The third-order valence-corrected chi connectivity index (χ3v) is 4.81. The van der Waals surface area contributed by atoms with Gasteiger partial charge in [0.1, 0.15) is 12.4 Å². The second-order valence-corrected chi connectivity index (χ2v) is 6.92. The van der Waals surface area contributed by atoms with E-state index in [-0.39, 0.29) is 5.82 Å². The van der Waals surface area contributed by atoms with E-state index in [1.54, 1.807) is 12.3 Å². The summed E-state index contributed by atoms with van der Waals surface area (Å²) in [7, 11) is 2.05. The topological polar surface area (TPSA) is 59.2 Å². The molecular formula is C20H21FN6. The van der Waals surface area contributed by atoms with E-state index in [9.17, 15) is 4.39 Å². The molecule has 3 aromatic rings. The summed E-state index contributed by atoms with van der Waals surface area (Å²) >= 11 is 0. The van der Waals surface area contributed by atoms with Gasteiger partial charge in [-0.25, -0.2) is 4.39 Å². The molecule has 0 atom stereocenters. The van der Waals surface area contributed by atoms with Crippen molar-refractivity contribution in [3.63, 3.8) is 0 Å². The molecule has 0 saturated heterocycles. The van der Waals surface area contributed by atoms with Crippen LogP contribution >= 0.6 is 0 Å². The third kappa shape index (κ3) is 3.26. The summed E-state index contributed by atoms with van der Waals surface area (Å²) in [5, 5.41) is 8.72. The molecule has 0 saturated carbocycles. The van der Waals surface area contributed by atoms with Crippen molar-refractivity contribution in [3.8, 4) is 5.69 Å². The number of rotatable bonds is 4. The van der Waals surface area contributed by atoms with Gasteiger partial charge in [0.15, 0.2) is 11.6 Å². The number of aliphatic imine (C=N–C) groups is 1. The second kappa shape index (κ2) is 7.00. The number of hydrogen-bond donors (Lipinski definition) is 0. The normalized spacial score (nSPS) is 13.3. The predicted octanol–water partition coefficient (Wildman–Crippen LogP) is 2.99. The molecule has 1 aromatic carbocycles. The zero-order chi connectivity index (χ0) is 19.0. The summed E-state index contributed by atoms with van der Waals surface area (Å²) in [6, 6.07) is 10.7. The van der Waals surface area contributed by atoms with Crippen molar-refractivity contribution in [1.29, 1.82) is 0 Å². The molecule has 0 bridgehead atoms. The molecule has 2 aromatic heterocycles. The van der Waals surface area contributed by atoms with Gasteiger partial charge in [-0.15, -0.1) is 10.2 Å². The van der Waals surface area contributed by atoms with Crippen molar-refractivity contribution in [2.45, 2.75) is 33.0 Å². The maximum absolute atomic E-state index is 14.1. The molecule has 0 amide bonds. The lowest BCUT2D eigenvalue weighted by molar-refractivity contribution is 0.257. The third-order valence-electron chi connectivity index (χ3n) is 4.81. The molecule has 0 unspecified atom stereocenters. The van der Waals surface area contributed by atoms with Crippen LogP contribution in [0.3, 0.4) is 0 Å². The predicted molar refractivity (Wildman–Crippen MR) is 102 cm³/mol. The molecule has 138 valence electrons. The van der Waals surface area contributed by atoms with Gasteiger partial charge in [0.05, 0.1) is 23.6 Å². The highest BCUT2D eigenvalue weighted by atomic mass is 19.1. The summed E-state index contributed by atoms with van der Waals surface area (Å²) in [5.41, 5.74) is 2.90. The van der Waals surface area contributed by atoms with Crippen LogP contribution in [0, 0.1) is 5.82 Å². The molecule has 0 fully saturated rings. The number of benzene rings is 1. The van der Waals surface area contributed by atoms with Crippen LogP contribution < -0.4 is 0 Å². The van der Waals surface area contributed by atoms with Crippen LogP contribution in [0.4, 0.5) is 4.39 Å². The Hall–Kier alpha value is -2.93. The van der Waals surface area contributed by atoms with E-state index >= 15 is 0 Å². The summed E-state index contributed by atoms with van der Waals surface area (Å²) in [6.07, 6.45) is 1.71. The Balaban J connectivity index is 1.87. The van der Waals surface area contributed by atoms with Crippen LogP contribution in [0.2, 0.25) is 0 Å². The minimum absolute atomic E-state index is 0.310. The molecule has 0 radical (unpaired) electrons. The molecule has 1 aliphatic heterocycles. The molecule has 1 aliphatic rings. The Kier molecular flexibility index (Phi) is 4.53. The standard InChI is InChI=1S/C20H21FN6/c1-13(2)26(3)12-19-25-24-18-11-23-20(16-6-4-5-9-22-16)15-10-14(21)7-8-17(15)27(18)19/h4-10,13H,11-12H2,1-3H3. The molecule has 4 rings (SSSR count). The van der Waals surface area contributed by atoms with E-state index in [1.807, 2.05) is 29.8 Å². The van der Waals surface area contributed by atoms with Crippen molar-refractivity contribution in [2.75, 3.05) is 7.05 Å². The van der Waals surface area contributed by atoms with Crippen molar-refractivity contribution >= 4 is 5.71 Å². The van der Waals surface area contributed by atoms with Gasteiger partial charge in [-0.3, -0.25) is 19.4 Å². The Morgan fingerprint density at radius 2 is 2.04 bits per heavy atom. The van der Waals surface area contributed by atoms with Crippen LogP contribution in [0.5, 0.6) is 0 Å². The molecule has 3 heterocycles. The highest BCUT2D eigenvalue weighted by molar-refractivity contribution is 6.14. The number of halogens is 1. The van der Waals surface area contributed by atoms with Gasteiger partial charge in [0, 0.05) is 17.8 Å². The summed E-state index contributed by atoms with van der Waals surface area (Å²) in [5.74, 6) is 1.24. The first-order valence-corrected chi connectivity index (χ1v) is 8.94. The Morgan fingerprint density at radius 1 is 1.19 bits per heavy atom. The number of fused-ring (bicyclic) bond motifs is 3. The zero-order valence-electron chi connectivity index (χ0n) is 15.6. The fourth-order valence-corrected chi connectivity index (χ4v) is 3.09. The van der Waals surface area contributed by atoms with Gasteiger partial charge in [0.2, 0.25) is 0 Å². The van der Waals surface area contributed by atoms with Crippen molar-refractivity contribution in [3.05, 3.63) is 71.3 Å². The molecule has 6 nitrogen and oxygen atoms in total. The maximum atomic E-state index is 14.1. The van der Waals surface area contributed by atoms with Crippen LogP contribution in [0.15, 0.2) is 47.6 Å². The largest absolute Gasteiger partial charge is 0.297 e. The first kappa shape index (κ1) is 17.5. The lowest BCUT2D eigenvalue weighted by atomic mass is 10.0. The van der Waals surface area contributed by atoms with E-state index in [1.165, 1.54) is 12.1 Å². The molecule has 27 heavy (non-hydrogen) atoms. The fourth-order valence-electron chi connectivity index (χ4n) is 3.09. The van der Waals surface area contributed by atoms with Crippen molar-refractivity contribution in [2.24, 2.45) is 4.99 Å². The highest BCUT2D eigenvalue weighted by Crippen LogP contribution is 2.26. The van der Waals surface area contributed by atoms with Crippen LogP contribution in [-0.4, -0.2) is 43.4 Å². The van der Waals surface area contributed by atoms with Gasteiger partial charge in [-0.2, -0.15) is 0 Å². The van der Waals surface area contributed by atoms with E-state index in [2.05, 4.69) is 33.9 Å². The summed E-state index contributed by atoms with van der Waals surface area (Å²) in [4.78, 5) is 11.3. The molecular weight excluding hydrogens is 343 g/mol. The van der Waals surface area contributed by atoms with Crippen LogP contribution in [0.1, 0.15) is 36.8 Å². The van der Waals surface area contributed by atoms with Crippen LogP contribution in [0.25, 0.3) is 5.69 Å². The summed E-state index contributed by atoms with van der Waals surface area (Å²) < 4.78 is 16.1. The second-order valence-electron chi connectivity index (χ2n) is 6.92. The van der Waals surface area contributed by atoms with Crippen molar-refractivity contribution in [1.82, 2.24) is 24.6 Å². The van der Waals surface area contributed by atoms with E-state index in [0.717, 1.165) is 17.3 Å². The number of hydrogen-bond acceptors (Lipinski definition) is 5. The number of aromatic nitrogens is 4. The van der Waals surface area contributed by atoms with E-state index in [0.29, 0.717) is 36.1 Å². The average molecular weight is 364 g/mol. The quantitative estimate of drug-likeness (QED) is 0.714. The van der Waals surface area contributed by atoms with Crippen LogP contribution in [-0.2, 0) is 13.1 Å². The minimum Gasteiger partial charge on any atom is -0.297 e. The molecule has 0 spiro atoms. The highest BCUT2D eigenvalue weighted by Gasteiger charge is 2.24. The lowest BCUT2D eigenvalue weighted by Gasteiger charge is -2.21. The Labute approximate surface area is 157 Å². The monoisotopic (exact) mass is 364 g/mol.